The van der Waals surface area contributed by atoms with Crippen LogP contribution in [-0.2, 0) is 23.8 Å². The fourth-order valence-electron chi connectivity index (χ4n) is 3.90. The lowest BCUT2D eigenvalue weighted by Gasteiger charge is -2.19. The number of hydrogen-bond acceptors (Lipinski definition) is 9. The van der Waals surface area contributed by atoms with Crippen LogP contribution in [0.25, 0.3) is 10.9 Å². The van der Waals surface area contributed by atoms with E-state index < -0.39 is 49.2 Å². The van der Waals surface area contributed by atoms with Gasteiger partial charge in [-0.05, 0) is 12.1 Å². The Kier molecular flexibility index (Phi) is 11.0. The molecule has 14 heteroatoms. The van der Waals surface area contributed by atoms with Crippen LogP contribution in [-0.4, -0.2) is 98.8 Å². The Balaban J connectivity index is 1.53. The predicted molar refractivity (Wildman–Crippen MR) is 135 cm³/mol. The highest BCUT2D eigenvalue weighted by Crippen LogP contribution is 2.31. The number of benzene rings is 1. The third-order valence-corrected chi connectivity index (χ3v) is 5.67. The molecule has 1 aliphatic heterocycles. The van der Waals surface area contributed by atoms with Crippen molar-refractivity contribution in [1.29, 1.82) is 5.26 Å². The van der Waals surface area contributed by atoms with Crippen molar-refractivity contribution in [3.05, 3.63) is 36.0 Å². The number of amides is 3. The number of likely N-dealkylation sites (tertiary alicyclic amines) is 1. The van der Waals surface area contributed by atoms with Gasteiger partial charge in [-0.2, -0.15) is 5.26 Å². The van der Waals surface area contributed by atoms with Crippen LogP contribution in [0.3, 0.4) is 0 Å². The number of nitrogens with one attached hydrogen (secondary N) is 2. The second-order valence-corrected chi connectivity index (χ2v) is 8.58. The Morgan fingerprint density at radius 3 is 2.56 bits per heavy atom. The Morgan fingerprint density at radius 2 is 1.85 bits per heavy atom. The number of hydrogen-bond donors (Lipinski definition) is 3. The van der Waals surface area contributed by atoms with Gasteiger partial charge in [-0.25, -0.2) is 8.78 Å². The van der Waals surface area contributed by atoms with Gasteiger partial charge in [-0.1, -0.05) is 12.1 Å². The van der Waals surface area contributed by atoms with Crippen LogP contribution in [0.15, 0.2) is 30.5 Å². The van der Waals surface area contributed by atoms with Crippen LogP contribution in [0.1, 0.15) is 16.8 Å². The van der Waals surface area contributed by atoms with Gasteiger partial charge in [0.25, 0.3) is 11.8 Å². The number of carbonyl (C=O) groups excluding carboxylic acids is 3. The van der Waals surface area contributed by atoms with Crippen LogP contribution >= 0.6 is 0 Å². The van der Waals surface area contributed by atoms with Crippen LogP contribution in [0.4, 0.5) is 14.5 Å². The van der Waals surface area contributed by atoms with Gasteiger partial charge in [0.15, 0.2) is 0 Å². The SMILES string of the molecule is N#C[C@@H]1CC(F)(F)CN1C(=O)CNC(=O)c1ccnc2c(NC(=O)COCCOCCOCCN)cccc12. The lowest BCUT2D eigenvalue weighted by molar-refractivity contribution is -0.131. The van der Waals surface area contributed by atoms with Gasteiger partial charge in [0.05, 0.1) is 69.0 Å². The molecule has 39 heavy (non-hydrogen) atoms. The molecule has 1 aromatic heterocycles. The van der Waals surface area contributed by atoms with Crippen molar-refractivity contribution in [2.24, 2.45) is 5.73 Å². The van der Waals surface area contributed by atoms with Crippen LogP contribution in [0, 0.1) is 11.3 Å². The molecule has 12 nitrogen and oxygen atoms in total. The van der Waals surface area contributed by atoms with Crippen molar-refractivity contribution in [3.63, 3.8) is 0 Å². The normalized spacial score (nSPS) is 16.2. The number of nitrogens with two attached hydrogens (primary N) is 1. The molecule has 0 radical (unpaired) electrons. The van der Waals surface area contributed by atoms with Crippen LogP contribution < -0.4 is 16.4 Å². The molecule has 0 bridgehead atoms. The molecule has 0 aliphatic carbocycles. The van der Waals surface area contributed by atoms with E-state index in [0.717, 1.165) is 4.90 Å². The summed E-state index contributed by atoms with van der Waals surface area (Å²) in [6.45, 7) is 0.522. The number of pyridine rings is 1. The minimum Gasteiger partial charge on any atom is -0.378 e. The maximum atomic E-state index is 13.6. The van der Waals surface area contributed by atoms with E-state index in [1.807, 2.05) is 0 Å². The first-order valence-electron chi connectivity index (χ1n) is 12.2. The zero-order chi connectivity index (χ0) is 28.3. The molecule has 0 spiro atoms. The van der Waals surface area contributed by atoms with E-state index >= 15 is 0 Å². The van der Waals surface area contributed by atoms with E-state index in [4.69, 9.17) is 25.2 Å². The minimum absolute atomic E-state index is 0.163. The number of alkyl halides is 2. The fourth-order valence-corrected chi connectivity index (χ4v) is 3.90. The smallest absolute Gasteiger partial charge is 0.268 e. The number of carbonyl (C=O) groups is 3. The molecule has 1 atom stereocenters. The Morgan fingerprint density at radius 1 is 1.13 bits per heavy atom. The summed E-state index contributed by atoms with van der Waals surface area (Å²) in [7, 11) is 0. The predicted octanol–water partition coefficient (Wildman–Crippen LogP) is 0.671. The summed E-state index contributed by atoms with van der Waals surface area (Å²) in [6, 6.07) is 6.71. The maximum absolute atomic E-state index is 13.6. The number of nitriles is 1. The van der Waals surface area contributed by atoms with Crippen LogP contribution in [0.5, 0.6) is 0 Å². The quantitative estimate of drug-likeness (QED) is 0.287. The maximum Gasteiger partial charge on any atom is 0.268 e. The topological polar surface area (TPSA) is 169 Å². The van der Waals surface area contributed by atoms with Gasteiger partial charge in [0, 0.05) is 24.5 Å². The lowest BCUT2D eigenvalue weighted by atomic mass is 10.1. The number of ether oxygens (including phenoxy) is 3. The molecule has 1 saturated heterocycles. The molecule has 0 unspecified atom stereocenters. The fraction of sp³-hybridized carbons (Fsp3) is 0.480. The molecule has 4 N–H and O–H groups in total. The highest BCUT2D eigenvalue weighted by atomic mass is 19.3. The number of anilines is 1. The number of aromatic nitrogens is 1. The first-order chi connectivity index (χ1) is 18.8. The Labute approximate surface area is 223 Å². The molecule has 2 heterocycles. The lowest BCUT2D eigenvalue weighted by Crippen LogP contribution is -2.43. The standard InChI is InChI=1S/C25H30F2N6O6/c26-25(27)12-17(13-29)33(16-25)22(35)14-31-24(36)19-4-6-30-23-18(19)2-1-3-20(23)32-21(34)15-39-11-10-38-9-8-37-7-5-28/h1-4,6,17H,5,7-12,14-16,28H2,(H,31,36)(H,32,34)/t17-/m0/s1. The summed E-state index contributed by atoms with van der Waals surface area (Å²) in [5.41, 5.74) is 6.15. The van der Waals surface area contributed by atoms with Crippen molar-refractivity contribution in [2.45, 2.75) is 18.4 Å². The average Bonchev–Trinajstić information content (AvgIpc) is 3.25. The zero-order valence-electron chi connectivity index (χ0n) is 21.2. The number of para-hydroxylation sites is 1. The van der Waals surface area contributed by atoms with Gasteiger partial charge in [-0.3, -0.25) is 19.4 Å². The van der Waals surface area contributed by atoms with Gasteiger partial charge < -0.3 is 35.5 Å². The molecule has 3 rings (SSSR count). The van der Waals surface area contributed by atoms with E-state index in [1.165, 1.54) is 12.3 Å². The molecular formula is C25H30F2N6O6. The van der Waals surface area contributed by atoms with Crippen molar-refractivity contribution in [3.8, 4) is 6.07 Å². The first kappa shape index (κ1) is 29.8. The first-order valence-corrected chi connectivity index (χ1v) is 12.2. The van der Waals surface area contributed by atoms with Gasteiger partial charge in [0.2, 0.25) is 11.8 Å². The second kappa shape index (κ2) is 14.4. The minimum atomic E-state index is -3.15. The zero-order valence-corrected chi connectivity index (χ0v) is 21.2. The van der Waals surface area contributed by atoms with E-state index in [2.05, 4.69) is 15.6 Å². The molecule has 1 aromatic carbocycles. The molecular weight excluding hydrogens is 518 g/mol. The second-order valence-electron chi connectivity index (χ2n) is 8.58. The van der Waals surface area contributed by atoms with E-state index in [9.17, 15) is 23.2 Å². The summed E-state index contributed by atoms with van der Waals surface area (Å²) in [4.78, 5) is 42.6. The number of fused-ring (bicyclic) bond motifs is 1. The molecule has 2 aromatic rings. The Bertz CT molecular complexity index is 1210. The van der Waals surface area contributed by atoms with Crippen LogP contribution in [0.2, 0.25) is 0 Å². The number of nitrogens with zero attached hydrogens (tertiary/aromatic N) is 3. The van der Waals surface area contributed by atoms with E-state index in [-0.39, 0.29) is 25.4 Å². The third kappa shape index (κ3) is 8.62. The molecule has 210 valence electrons. The van der Waals surface area contributed by atoms with Gasteiger partial charge in [-0.15, -0.1) is 0 Å². The average molecular weight is 549 g/mol. The summed E-state index contributed by atoms with van der Waals surface area (Å²) in [5, 5.41) is 14.6. The number of rotatable bonds is 14. The van der Waals surface area contributed by atoms with E-state index in [1.54, 1.807) is 24.3 Å². The van der Waals surface area contributed by atoms with E-state index in [0.29, 0.717) is 43.0 Å². The summed E-state index contributed by atoms with van der Waals surface area (Å²) in [6.07, 6.45) is 0.628. The summed E-state index contributed by atoms with van der Waals surface area (Å²) in [5.74, 6) is -5.02. The summed E-state index contributed by atoms with van der Waals surface area (Å²) < 4.78 is 43.1. The Hall–Kier alpha value is -3.77. The highest BCUT2D eigenvalue weighted by Gasteiger charge is 2.47. The van der Waals surface area contributed by atoms with Gasteiger partial charge in [0.1, 0.15) is 12.6 Å². The molecule has 1 fully saturated rings. The molecule has 0 saturated carbocycles. The summed E-state index contributed by atoms with van der Waals surface area (Å²) >= 11 is 0. The van der Waals surface area contributed by atoms with Crippen molar-refractivity contribution < 1.29 is 37.4 Å². The molecule has 3 amide bonds. The van der Waals surface area contributed by atoms with Gasteiger partial charge >= 0.3 is 0 Å². The largest absolute Gasteiger partial charge is 0.378 e. The highest BCUT2D eigenvalue weighted by molar-refractivity contribution is 6.10. The monoisotopic (exact) mass is 548 g/mol. The van der Waals surface area contributed by atoms with Crippen molar-refractivity contribution in [1.82, 2.24) is 15.2 Å². The van der Waals surface area contributed by atoms with Crippen molar-refractivity contribution >= 4 is 34.3 Å². The van der Waals surface area contributed by atoms with Crippen molar-refractivity contribution in [2.75, 3.05) is 64.6 Å². The third-order valence-electron chi connectivity index (χ3n) is 5.67. The number of halogens is 2. The molecule has 1 aliphatic rings.